The molecule has 0 radical (unpaired) electrons. The fourth-order valence-corrected chi connectivity index (χ4v) is 1.58. The van der Waals surface area contributed by atoms with Crippen LogP contribution in [0, 0.1) is 0 Å². The van der Waals surface area contributed by atoms with Gasteiger partial charge in [0.1, 0.15) is 5.69 Å². The molecule has 0 aliphatic rings. The van der Waals surface area contributed by atoms with E-state index in [0.29, 0.717) is 18.7 Å². The fourth-order valence-electron chi connectivity index (χ4n) is 1.58. The molecule has 5 N–H and O–H groups in total. The van der Waals surface area contributed by atoms with Crippen LogP contribution in [0.5, 0.6) is 0 Å². The number of H-pyrrole nitrogens is 1. The van der Waals surface area contributed by atoms with Crippen molar-refractivity contribution in [3.63, 3.8) is 0 Å². The number of hydrogen-bond acceptors (Lipinski definition) is 3. The Bertz CT molecular complexity index is 480. The second-order valence-corrected chi connectivity index (χ2v) is 5.25. The van der Waals surface area contributed by atoms with E-state index in [1.54, 1.807) is 6.20 Å². The molecule has 18 heavy (non-hydrogen) atoms. The van der Waals surface area contributed by atoms with Gasteiger partial charge in [-0.3, -0.25) is 14.8 Å². The highest BCUT2D eigenvalue weighted by molar-refractivity contribution is 5.75. The molecular weight excluding hydrogens is 230 g/mol. The zero-order valence-corrected chi connectivity index (χ0v) is 11.2. The highest BCUT2D eigenvalue weighted by atomic mass is 16.1. The van der Waals surface area contributed by atoms with Gasteiger partial charge in [0.25, 0.3) is 5.56 Å². The van der Waals surface area contributed by atoms with Crippen LogP contribution in [-0.4, -0.2) is 22.5 Å². The van der Waals surface area contributed by atoms with Gasteiger partial charge in [0.15, 0.2) is 5.96 Å². The third kappa shape index (κ3) is 4.20. The van der Waals surface area contributed by atoms with Gasteiger partial charge in [0, 0.05) is 23.9 Å². The van der Waals surface area contributed by atoms with Crippen LogP contribution in [0.4, 0.5) is 0 Å². The zero-order chi connectivity index (χ0) is 13.8. The number of hydrogen-bond donors (Lipinski definition) is 3. The normalized spacial score (nSPS) is 11.3. The minimum absolute atomic E-state index is 0.0877. The van der Waals surface area contributed by atoms with Crippen LogP contribution in [0.2, 0.25) is 0 Å². The van der Waals surface area contributed by atoms with E-state index in [4.69, 9.17) is 11.5 Å². The zero-order valence-electron chi connectivity index (χ0n) is 11.2. The lowest BCUT2D eigenvalue weighted by molar-refractivity contribution is 0.556. The summed E-state index contributed by atoms with van der Waals surface area (Å²) in [4.78, 5) is 22.8. The largest absolute Gasteiger partial charge is 0.370 e. The van der Waals surface area contributed by atoms with Crippen molar-refractivity contribution in [2.45, 2.75) is 39.0 Å². The predicted molar refractivity (Wildman–Crippen MR) is 72.6 cm³/mol. The van der Waals surface area contributed by atoms with E-state index in [1.807, 2.05) is 20.8 Å². The molecule has 1 aromatic heterocycles. The summed E-state index contributed by atoms with van der Waals surface area (Å²) in [6.45, 7) is 6.43. The lowest BCUT2D eigenvalue weighted by Crippen LogP contribution is -2.27. The molecule has 1 aromatic rings. The van der Waals surface area contributed by atoms with E-state index in [-0.39, 0.29) is 16.9 Å². The van der Waals surface area contributed by atoms with Gasteiger partial charge in [-0.25, -0.2) is 0 Å². The van der Waals surface area contributed by atoms with Crippen LogP contribution in [0.15, 0.2) is 16.0 Å². The molecule has 0 saturated heterocycles. The summed E-state index contributed by atoms with van der Waals surface area (Å²) in [5.74, 6) is 0.0877. The lowest BCUT2D eigenvalue weighted by atomic mass is 9.92. The summed E-state index contributed by atoms with van der Waals surface area (Å²) in [5, 5.41) is 0. The Morgan fingerprint density at radius 3 is 2.61 bits per heavy atom. The summed E-state index contributed by atoms with van der Waals surface area (Å²) in [6, 6.07) is 0. The van der Waals surface area contributed by atoms with Crippen molar-refractivity contribution in [3.05, 3.63) is 27.9 Å². The second kappa shape index (κ2) is 5.66. The van der Waals surface area contributed by atoms with Gasteiger partial charge in [-0.1, -0.05) is 20.8 Å². The summed E-state index contributed by atoms with van der Waals surface area (Å²) in [6.07, 6.45) is 3.17. The van der Waals surface area contributed by atoms with Crippen molar-refractivity contribution in [2.24, 2.45) is 16.5 Å². The van der Waals surface area contributed by atoms with Crippen LogP contribution < -0.4 is 17.0 Å². The Morgan fingerprint density at radius 1 is 1.44 bits per heavy atom. The minimum Gasteiger partial charge on any atom is -0.370 e. The maximum Gasteiger partial charge on any atom is 0.270 e. The first-order chi connectivity index (χ1) is 8.30. The monoisotopic (exact) mass is 251 g/mol. The molecule has 0 amide bonds. The molecule has 0 aliphatic carbocycles. The molecule has 6 nitrogen and oxygen atoms in total. The molecule has 0 aromatic carbocycles. The van der Waals surface area contributed by atoms with Crippen molar-refractivity contribution in [3.8, 4) is 0 Å². The van der Waals surface area contributed by atoms with E-state index < -0.39 is 0 Å². The number of aliphatic imine (C=N–C) groups is 1. The summed E-state index contributed by atoms with van der Waals surface area (Å²) in [7, 11) is 0. The van der Waals surface area contributed by atoms with Crippen LogP contribution in [-0.2, 0) is 11.8 Å². The number of aromatic amines is 1. The predicted octanol–water partition coefficient (Wildman–Crippen LogP) is 0.273. The molecule has 0 atom stereocenters. The number of nitrogens with two attached hydrogens (primary N) is 2. The first kappa shape index (κ1) is 14.2. The molecule has 0 spiro atoms. The van der Waals surface area contributed by atoms with E-state index in [2.05, 4.69) is 15.0 Å². The topological polar surface area (TPSA) is 110 Å². The van der Waals surface area contributed by atoms with E-state index in [1.165, 1.54) is 0 Å². The fraction of sp³-hybridized carbons (Fsp3) is 0.583. The molecule has 0 unspecified atom stereocenters. The van der Waals surface area contributed by atoms with Crippen LogP contribution >= 0.6 is 0 Å². The van der Waals surface area contributed by atoms with E-state index in [0.717, 1.165) is 12.1 Å². The first-order valence-corrected chi connectivity index (χ1v) is 5.95. The van der Waals surface area contributed by atoms with Crippen molar-refractivity contribution in [1.29, 1.82) is 0 Å². The average molecular weight is 251 g/mol. The van der Waals surface area contributed by atoms with Gasteiger partial charge in [0.05, 0.1) is 0 Å². The molecule has 0 saturated carbocycles. The number of aryl methyl sites for hydroxylation is 1. The van der Waals surface area contributed by atoms with Crippen molar-refractivity contribution >= 4 is 5.96 Å². The SMILES string of the molecule is CC(C)(C)c1ncc(CCCN=C(N)N)[nH]c1=O. The minimum atomic E-state index is -0.246. The number of nitrogens with zero attached hydrogens (tertiary/aromatic N) is 2. The summed E-state index contributed by atoms with van der Waals surface area (Å²) >= 11 is 0. The second-order valence-electron chi connectivity index (χ2n) is 5.25. The number of aromatic nitrogens is 2. The lowest BCUT2D eigenvalue weighted by Gasteiger charge is -2.16. The maximum atomic E-state index is 11.8. The third-order valence-corrected chi connectivity index (χ3v) is 2.45. The van der Waals surface area contributed by atoms with Gasteiger partial charge in [-0.05, 0) is 12.8 Å². The molecule has 0 bridgehead atoms. The van der Waals surface area contributed by atoms with Gasteiger partial charge in [0.2, 0.25) is 0 Å². The highest BCUT2D eigenvalue weighted by Crippen LogP contribution is 2.15. The Labute approximate surface area is 107 Å². The third-order valence-electron chi connectivity index (χ3n) is 2.45. The Kier molecular flexibility index (Phi) is 4.47. The molecule has 0 aliphatic heterocycles. The van der Waals surface area contributed by atoms with E-state index >= 15 is 0 Å². The Morgan fingerprint density at radius 2 is 2.11 bits per heavy atom. The van der Waals surface area contributed by atoms with Crippen LogP contribution in [0.3, 0.4) is 0 Å². The van der Waals surface area contributed by atoms with E-state index in [9.17, 15) is 4.79 Å². The average Bonchev–Trinajstić information content (AvgIpc) is 2.22. The summed E-state index contributed by atoms with van der Waals surface area (Å²) in [5.41, 5.74) is 11.4. The molecule has 1 heterocycles. The standard InChI is InChI=1S/C12H21N5O/c1-12(2,3)9-10(18)17-8(7-16-9)5-4-6-15-11(13)14/h7H,4-6H2,1-3H3,(H,17,18)(H4,13,14,15). The van der Waals surface area contributed by atoms with Crippen molar-refractivity contribution in [2.75, 3.05) is 6.54 Å². The van der Waals surface area contributed by atoms with Gasteiger partial charge >= 0.3 is 0 Å². The Balaban J connectivity index is 2.68. The molecule has 100 valence electrons. The Hall–Kier alpha value is -1.85. The smallest absolute Gasteiger partial charge is 0.270 e. The van der Waals surface area contributed by atoms with Gasteiger partial charge in [-0.2, -0.15) is 0 Å². The van der Waals surface area contributed by atoms with Crippen LogP contribution in [0.1, 0.15) is 38.6 Å². The molecule has 1 rings (SSSR count). The van der Waals surface area contributed by atoms with Gasteiger partial charge in [-0.15, -0.1) is 0 Å². The number of guanidine groups is 1. The first-order valence-electron chi connectivity index (χ1n) is 5.95. The van der Waals surface area contributed by atoms with Crippen molar-refractivity contribution < 1.29 is 0 Å². The molecule has 0 fully saturated rings. The van der Waals surface area contributed by atoms with Gasteiger partial charge < -0.3 is 16.5 Å². The number of nitrogens with one attached hydrogen (secondary N) is 1. The van der Waals surface area contributed by atoms with Crippen LogP contribution in [0.25, 0.3) is 0 Å². The summed E-state index contributed by atoms with van der Waals surface area (Å²) < 4.78 is 0. The number of rotatable bonds is 4. The van der Waals surface area contributed by atoms with Crippen molar-refractivity contribution in [1.82, 2.24) is 9.97 Å². The maximum absolute atomic E-state index is 11.8. The molecular formula is C12H21N5O. The quantitative estimate of drug-likeness (QED) is 0.405. The molecule has 6 heteroatoms. The highest BCUT2D eigenvalue weighted by Gasteiger charge is 2.19.